The second kappa shape index (κ2) is 9.32. The molecule has 25 heavy (non-hydrogen) atoms. The minimum absolute atomic E-state index is 0.126. The number of carbonyl (C=O) groups is 1. The lowest BCUT2D eigenvalue weighted by Crippen LogP contribution is -2.39. The van der Waals surface area contributed by atoms with E-state index in [4.69, 9.17) is 9.47 Å². The van der Waals surface area contributed by atoms with Crippen molar-refractivity contribution in [1.82, 2.24) is 5.32 Å². The first-order chi connectivity index (χ1) is 12.2. The number of amides is 1. The number of hydrogen-bond acceptors (Lipinski definition) is 4. The van der Waals surface area contributed by atoms with E-state index in [1.54, 1.807) is 0 Å². The Morgan fingerprint density at radius 1 is 1.20 bits per heavy atom. The van der Waals surface area contributed by atoms with Crippen molar-refractivity contribution in [3.05, 3.63) is 29.8 Å². The van der Waals surface area contributed by atoms with Crippen molar-refractivity contribution in [2.45, 2.75) is 57.7 Å². The van der Waals surface area contributed by atoms with Crippen LogP contribution in [0.3, 0.4) is 0 Å². The Morgan fingerprint density at radius 3 is 2.72 bits per heavy atom. The van der Waals surface area contributed by atoms with E-state index in [1.165, 1.54) is 12.8 Å². The van der Waals surface area contributed by atoms with Crippen molar-refractivity contribution in [3.8, 4) is 0 Å². The lowest BCUT2D eigenvalue weighted by molar-refractivity contribution is -0.117. The molecule has 2 aliphatic heterocycles. The zero-order chi connectivity index (χ0) is 17.5. The van der Waals surface area contributed by atoms with Crippen LogP contribution in [0.5, 0.6) is 0 Å². The molecule has 2 fully saturated rings. The SMILES string of the molecule is CCOCCOCc1cccc(NC(=O)CC2CC3CCC(C2)N3)c1. The molecule has 2 N–H and O–H groups in total. The topological polar surface area (TPSA) is 59.6 Å². The summed E-state index contributed by atoms with van der Waals surface area (Å²) in [5.74, 6) is 0.643. The van der Waals surface area contributed by atoms with Crippen LogP contribution < -0.4 is 10.6 Å². The van der Waals surface area contributed by atoms with Gasteiger partial charge in [-0.3, -0.25) is 4.79 Å². The molecule has 1 amide bonds. The molecular formula is C20H30N2O3. The summed E-state index contributed by atoms with van der Waals surface area (Å²) in [6.07, 6.45) is 5.45. The summed E-state index contributed by atoms with van der Waals surface area (Å²) in [7, 11) is 0. The van der Waals surface area contributed by atoms with E-state index >= 15 is 0 Å². The maximum atomic E-state index is 12.4. The smallest absolute Gasteiger partial charge is 0.224 e. The summed E-state index contributed by atoms with van der Waals surface area (Å²) in [5, 5.41) is 6.68. The average molecular weight is 346 g/mol. The van der Waals surface area contributed by atoms with Gasteiger partial charge in [0.15, 0.2) is 0 Å². The lowest BCUT2D eigenvalue weighted by Gasteiger charge is -2.28. The quantitative estimate of drug-likeness (QED) is 0.675. The third-order valence-electron chi connectivity index (χ3n) is 5.10. The zero-order valence-corrected chi connectivity index (χ0v) is 15.1. The van der Waals surface area contributed by atoms with Crippen LogP contribution in [0.1, 0.15) is 44.6 Å². The number of fused-ring (bicyclic) bond motifs is 2. The Hall–Kier alpha value is -1.43. The first-order valence-electron chi connectivity index (χ1n) is 9.53. The fourth-order valence-corrected chi connectivity index (χ4v) is 4.01. The summed E-state index contributed by atoms with van der Waals surface area (Å²) >= 11 is 0. The third-order valence-corrected chi connectivity index (χ3v) is 5.10. The second-order valence-corrected chi connectivity index (χ2v) is 7.18. The van der Waals surface area contributed by atoms with Gasteiger partial charge in [-0.2, -0.15) is 0 Å². The van der Waals surface area contributed by atoms with Gasteiger partial charge in [0.1, 0.15) is 0 Å². The summed E-state index contributed by atoms with van der Waals surface area (Å²) in [6, 6.07) is 9.17. The molecule has 2 bridgehead atoms. The Bertz CT molecular complexity index is 552. The highest BCUT2D eigenvalue weighted by Crippen LogP contribution is 2.32. The number of ether oxygens (including phenoxy) is 2. The van der Waals surface area contributed by atoms with Crippen LogP contribution in [0.2, 0.25) is 0 Å². The van der Waals surface area contributed by atoms with Crippen LogP contribution in [-0.4, -0.2) is 37.8 Å². The molecule has 1 aromatic rings. The molecule has 3 rings (SSSR count). The molecule has 2 saturated heterocycles. The van der Waals surface area contributed by atoms with Gasteiger partial charge in [-0.1, -0.05) is 12.1 Å². The molecule has 2 aliphatic rings. The van der Waals surface area contributed by atoms with E-state index in [9.17, 15) is 4.79 Å². The largest absolute Gasteiger partial charge is 0.379 e. The summed E-state index contributed by atoms with van der Waals surface area (Å²) in [4.78, 5) is 12.4. The van der Waals surface area contributed by atoms with E-state index < -0.39 is 0 Å². The Labute approximate surface area is 150 Å². The molecule has 0 radical (unpaired) electrons. The molecule has 5 nitrogen and oxygen atoms in total. The maximum absolute atomic E-state index is 12.4. The maximum Gasteiger partial charge on any atom is 0.224 e. The Kier molecular flexibility index (Phi) is 6.84. The minimum atomic E-state index is 0.126. The first-order valence-corrected chi connectivity index (χ1v) is 9.53. The number of benzene rings is 1. The summed E-state index contributed by atoms with van der Waals surface area (Å²) < 4.78 is 10.8. The standard InChI is InChI=1S/C20H30N2O3/c1-2-24-8-9-25-14-15-4-3-5-17(10-15)22-20(23)13-16-11-18-6-7-19(12-16)21-18/h3-5,10,16,18-19,21H,2,6-9,11-14H2,1H3,(H,22,23). The number of rotatable bonds is 9. The highest BCUT2D eigenvalue weighted by molar-refractivity contribution is 5.90. The molecule has 2 atom stereocenters. The van der Waals surface area contributed by atoms with Crippen molar-refractivity contribution < 1.29 is 14.3 Å². The van der Waals surface area contributed by atoms with Gasteiger partial charge in [-0.15, -0.1) is 0 Å². The Balaban J connectivity index is 1.42. The zero-order valence-electron chi connectivity index (χ0n) is 15.1. The fourth-order valence-electron chi connectivity index (χ4n) is 4.01. The normalized spacial score (nSPS) is 25.1. The molecule has 0 aromatic heterocycles. The van der Waals surface area contributed by atoms with Crippen molar-refractivity contribution in [1.29, 1.82) is 0 Å². The second-order valence-electron chi connectivity index (χ2n) is 7.18. The van der Waals surface area contributed by atoms with Gasteiger partial charge in [0.25, 0.3) is 0 Å². The van der Waals surface area contributed by atoms with Gasteiger partial charge in [0.05, 0.1) is 19.8 Å². The molecule has 1 aromatic carbocycles. The summed E-state index contributed by atoms with van der Waals surface area (Å²) in [5.41, 5.74) is 1.92. The molecule has 2 heterocycles. The number of anilines is 1. The van der Waals surface area contributed by atoms with Crippen molar-refractivity contribution >= 4 is 11.6 Å². The fraction of sp³-hybridized carbons (Fsp3) is 0.650. The molecule has 138 valence electrons. The monoisotopic (exact) mass is 346 g/mol. The number of carbonyl (C=O) groups excluding carboxylic acids is 1. The molecule has 5 heteroatoms. The van der Waals surface area contributed by atoms with Gasteiger partial charge in [0, 0.05) is 30.8 Å². The lowest BCUT2D eigenvalue weighted by atomic mass is 9.89. The van der Waals surface area contributed by atoms with Crippen LogP contribution in [0.15, 0.2) is 24.3 Å². The van der Waals surface area contributed by atoms with E-state index in [-0.39, 0.29) is 5.91 Å². The van der Waals surface area contributed by atoms with E-state index in [1.807, 2.05) is 31.2 Å². The van der Waals surface area contributed by atoms with E-state index in [2.05, 4.69) is 10.6 Å². The highest BCUT2D eigenvalue weighted by Gasteiger charge is 2.34. The predicted molar refractivity (Wildman–Crippen MR) is 98.5 cm³/mol. The van der Waals surface area contributed by atoms with Crippen LogP contribution in [0, 0.1) is 5.92 Å². The average Bonchev–Trinajstić information content (AvgIpc) is 2.93. The molecule has 2 unspecified atom stereocenters. The number of hydrogen-bond donors (Lipinski definition) is 2. The minimum Gasteiger partial charge on any atom is -0.379 e. The van der Waals surface area contributed by atoms with Gasteiger partial charge >= 0.3 is 0 Å². The van der Waals surface area contributed by atoms with Gasteiger partial charge in [-0.05, 0) is 56.2 Å². The molecular weight excluding hydrogens is 316 g/mol. The van der Waals surface area contributed by atoms with Crippen molar-refractivity contribution in [2.75, 3.05) is 25.1 Å². The van der Waals surface area contributed by atoms with Crippen LogP contribution in [-0.2, 0) is 20.9 Å². The molecule has 0 spiro atoms. The highest BCUT2D eigenvalue weighted by atomic mass is 16.5. The number of piperidine rings is 1. The number of nitrogens with one attached hydrogen (secondary N) is 2. The van der Waals surface area contributed by atoms with Gasteiger partial charge in [0.2, 0.25) is 5.91 Å². The van der Waals surface area contributed by atoms with Crippen LogP contribution in [0.25, 0.3) is 0 Å². The van der Waals surface area contributed by atoms with Gasteiger partial charge in [-0.25, -0.2) is 0 Å². The summed E-state index contributed by atoms with van der Waals surface area (Å²) in [6.45, 7) is 4.42. The Morgan fingerprint density at radius 2 is 1.96 bits per heavy atom. The van der Waals surface area contributed by atoms with E-state index in [0.717, 1.165) is 24.1 Å². The van der Waals surface area contributed by atoms with Gasteiger partial charge < -0.3 is 20.1 Å². The first kappa shape index (κ1) is 18.4. The van der Waals surface area contributed by atoms with Crippen molar-refractivity contribution in [3.63, 3.8) is 0 Å². The predicted octanol–water partition coefficient (Wildman–Crippen LogP) is 3.10. The molecule has 0 aliphatic carbocycles. The third kappa shape index (κ3) is 5.80. The molecule has 0 saturated carbocycles. The van der Waals surface area contributed by atoms with Crippen molar-refractivity contribution in [2.24, 2.45) is 5.92 Å². The van der Waals surface area contributed by atoms with Crippen LogP contribution in [0.4, 0.5) is 5.69 Å². The van der Waals surface area contributed by atoms with E-state index in [0.29, 0.717) is 50.8 Å². The van der Waals surface area contributed by atoms with Crippen LogP contribution >= 0.6 is 0 Å².